The predicted molar refractivity (Wildman–Crippen MR) is 72.1 cm³/mol. The first kappa shape index (κ1) is 14.3. The molecule has 0 bridgehead atoms. The third kappa shape index (κ3) is 3.46. The van der Waals surface area contributed by atoms with Crippen molar-refractivity contribution in [2.75, 3.05) is 18.4 Å². The molecule has 1 aliphatic rings. The largest absolute Gasteiger partial charge is 0.481 e. The van der Waals surface area contributed by atoms with Crippen molar-refractivity contribution in [3.63, 3.8) is 0 Å². The lowest BCUT2D eigenvalue weighted by molar-refractivity contribution is -0.138. The number of likely N-dealkylation sites (tertiary alicyclic amines) is 1. The maximum atomic E-state index is 13.1. The van der Waals surface area contributed by atoms with Gasteiger partial charge in [-0.15, -0.1) is 0 Å². The summed E-state index contributed by atoms with van der Waals surface area (Å²) < 4.78 is 13.1. The van der Waals surface area contributed by atoms with Crippen LogP contribution in [0.4, 0.5) is 14.9 Å². The van der Waals surface area contributed by atoms with Crippen LogP contribution in [-0.2, 0) is 4.79 Å². The molecule has 2 N–H and O–H groups in total. The van der Waals surface area contributed by atoms with Crippen molar-refractivity contribution >= 4 is 17.7 Å². The zero-order valence-electron chi connectivity index (χ0n) is 11.2. The van der Waals surface area contributed by atoms with Gasteiger partial charge in [-0.25, -0.2) is 9.18 Å². The Bertz CT molecular complexity index is 533. The zero-order chi connectivity index (χ0) is 14.7. The van der Waals surface area contributed by atoms with Crippen LogP contribution in [0.25, 0.3) is 0 Å². The number of aliphatic carboxylic acids is 1. The van der Waals surface area contributed by atoms with Gasteiger partial charge in [0.15, 0.2) is 0 Å². The number of rotatable bonds is 3. The van der Waals surface area contributed by atoms with Gasteiger partial charge >= 0.3 is 12.0 Å². The molecule has 1 saturated heterocycles. The lowest BCUT2D eigenvalue weighted by Gasteiger charge is -2.17. The maximum Gasteiger partial charge on any atom is 0.321 e. The average Bonchev–Trinajstić information content (AvgIpc) is 2.81. The van der Waals surface area contributed by atoms with E-state index in [0.29, 0.717) is 30.8 Å². The van der Waals surface area contributed by atoms with Crippen molar-refractivity contribution in [3.05, 3.63) is 29.6 Å². The number of halogens is 1. The van der Waals surface area contributed by atoms with Gasteiger partial charge in [-0.3, -0.25) is 4.79 Å². The number of carboxylic acid groups (broad SMARTS) is 1. The molecule has 0 radical (unpaired) electrons. The van der Waals surface area contributed by atoms with E-state index in [-0.39, 0.29) is 24.2 Å². The van der Waals surface area contributed by atoms with Gasteiger partial charge in [-0.2, -0.15) is 0 Å². The molecule has 1 unspecified atom stereocenters. The smallest absolute Gasteiger partial charge is 0.321 e. The van der Waals surface area contributed by atoms with Crippen LogP contribution >= 0.6 is 0 Å². The summed E-state index contributed by atoms with van der Waals surface area (Å²) in [7, 11) is 0. The van der Waals surface area contributed by atoms with E-state index in [0.717, 1.165) is 0 Å². The van der Waals surface area contributed by atoms with Crippen LogP contribution in [0.5, 0.6) is 0 Å². The number of nitrogens with one attached hydrogen (secondary N) is 1. The minimum absolute atomic E-state index is 0.00760. The highest BCUT2D eigenvalue weighted by atomic mass is 19.1. The van der Waals surface area contributed by atoms with E-state index >= 15 is 0 Å². The van der Waals surface area contributed by atoms with Crippen LogP contribution in [0.15, 0.2) is 18.2 Å². The second-order valence-electron chi connectivity index (χ2n) is 5.09. The van der Waals surface area contributed by atoms with E-state index in [2.05, 4.69) is 5.32 Å². The molecular formula is C14H17FN2O3. The Kier molecular flexibility index (Phi) is 4.22. The summed E-state index contributed by atoms with van der Waals surface area (Å²) in [5.41, 5.74) is 1.00. The number of carbonyl (C=O) groups excluding carboxylic acids is 1. The first-order valence-corrected chi connectivity index (χ1v) is 6.49. The molecule has 20 heavy (non-hydrogen) atoms. The monoisotopic (exact) mass is 280 g/mol. The lowest BCUT2D eigenvalue weighted by Crippen LogP contribution is -2.33. The van der Waals surface area contributed by atoms with Crippen molar-refractivity contribution in [1.29, 1.82) is 0 Å². The molecule has 1 heterocycles. The van der Waals surface area contributed by atoms with Crippen LogP contribution in [0.1, 0.15) is 18.4 Å². The van der Waals surface area contributed by atoms with Gasteiger partial charge in [-0.1, -0.05) is 0 Å². The summed E-state index contributed by atoms with van der Waals surface area (Å²) in [5.74, 6) is -1.15. The van der Waals surface area contributed by atoms with Crippen molar-refractivity contribution < 1.29 is 19.1 Å². The molecule has 1 aromatic carbocycles. The number of hydrogen-bond donors (Lipinski definition) is 2. The van der Waals surface area contributed by atoms with E-state index in [1.165, 1.54) is 12.1 Å². The molecule has 0 aromatic heterocycles. The highest BCUT2D eigenvalue weighted by Crippen LogP contribution is 2.21. The van der Waals surface area contributed by atoms with Crippen LogP contribution in [0.3, 0.4) is 0 Å². The molecule has 6 heteroatoms. The van der Waals surface area contributed by atoms with Gasteiger partial charge in [0.25, 0.3) is 0 Å². The fourth-order valence-electron chi connectivity index (χ4n) is 2.36. The van der Waals surface area contributed by atoms with Gasteiger partial charge < -0.3 is 15.3 Å². The van der Waals surface area contributed by atoms with Crippen molar-refractivity contribution in [2.45, 2.75) is 19.8 Å². The van der Waals surface area contributed by atoms with E-state index < -0.39 is 5.97 Å². The summed E-state index contributed by atoms with van der Waals surface area (Å²) >= 11 is 0. The molecule has 2 amide bonds. The third-order valence-electron chi connectivity index (χ3n) is 3.45. The number of hydrogen-bond acceptors (Lipinski definition) is 2. The Hall–Kier alpha value is -2.11. The minimum Gasteiger partial charge on any atom is -0.481 e. The number of carboxylic acids is 1. The highest BCUT2D eigenvalue weighted by Gasteiger charge is 2.27. The quantitative estimate of drug-likeness (QED) is 0.893. The fourth-order valence-corrected chi connectivity index (χ4v) is 2.36. The second-order valence-corrected chi connectivity index (χ2v) is 5.09. The summed E-state index contributed by atoms with van der Waals surface area (Å²) in [6.07, 6.45) is 0.779. The van der Waals surface area contributed by atoms with Crippen LogP contribution in [-0.4, -0.2) is 35.1 Å². The first-order chi connectivity index (χ1) is 9.45. The molecule has 0 aliphatic carbocycles. The van der Waals surface area contributed by atoms with Crippen LogP contribution < -0.4 is 5.32 Å². The van der Waals surface area contributed by atoms with Gasteiger partial charge in [0, 0.05) is 25.2 Å². The molecular weight excluding hydrogens is 263 g/mol. The van der Waals surface area contributed by atoms with Crippen molar-refractivity contribution in [3.8, 4) is 0 Å². The Balaban J connectivity index is 1.92. The van der Waals surface area contributed by atoms with Crippen LogP contribution in [0.2, 0.25) is 0 Å². The number of aryl methyl sites for hydroxylation is 1. The average molecular weight is 280 g/mol. The lowest BCUT2D eigenvalue weighted by atomic mass is 10.1. The van der Waals surface area contributed by atoms with Gasteiger partial charge in [0.2, 0.25) is 0 Å². The number of benzene rings is 1. The summed E-state index contributed by atoms with van der Waals surface area (Å²) in [4.78, 5) is 24.2. The third-order valence-corrected chi connectivity index (χ3v) is 3.45. The number of nitrogens with zero attached hydrogens (tertiary/aromatic N) is 1. The minimum atomic E-state index is -0.841. The van der Waals surface area contributed by atoms with E-state index in [9.17, 15) is 14.0 Å². The molecule has 108 valence electrons. The van der Waals surface area contributed by atoms with E-state index in [1.807, 2.05) is 0 Å². The molecule has 1 aliphatic heterocycles. The predicted octanol–water partition coefficient (Wildman–Crippen LogP) is 2.46. The van der Waals surface area contributed by atoms with Gasteiger partial charge in [-0.05, 0) is 43.0 Å². The second kappa shape index (κ2) is 5.90. The van der Waals surface area contributed by atoms with E-state index in [1.54, 1.807) is 17.9 Å². The van der Waals surface area contributed by atoms with Crippen molar-refractivity contribution in [1.82, 2.24) is 4.90 Å². The van der Waals surface area contributed by atoms with Gasteiger partial charge in [0.1, 0.15) is 5.82 Å². The number of urea groups is 1. The molecule has 1 fully saturated rings. The Morgan fingerprint density at radius 3 is 2.90 bits per heavy atom. The van der Waals surface area contributed by atoms with Crippen molar-refractivity contribution in [2.24, 2.45) is 5.92 Å². The summed E-state index contributed by atoms with van der Waals surface area (Å²) in [5, 5.41) is 11.4. The Labute approximate surface area is 116 Å². The topological polar surface area (TPSA) is 69.6 Å². The Morgan fingerprint density at radius 1 is 1.50 bits per heavy atom. The fraction of sp³-hybridized carbons (Fsp3) is 0.429. The normalized spacial score (nSPS) is 18.1. The summed E-state index contributed by atoms with van der Waals surface area (Å²) in [6, 6.07) is 4.11. The Morgan fingerprint density at radius 2 is 2.25 bits per heavy atom. The zero-order valence-corrected chi connectivity index (χ0v) is 11.2. The van der Waals surface area contributed by atoms with Gasteiger partial charge in [0.05, 0.1) is 0 Å². The first-order valence-electron chi connectivity index (χ1n) is 6.49. The molecule has 2 rings (SSSR count). The van der Waals surface area contributed by atoms with E-state index in [4.69, 9.17) is 5.11 Å². The molecule has 1 aromatic rings. The number of carbonyl (C=O) groups is 2. The molecule has 0 saturated carbocycles. The number of anilines is 1. The SMILES string of the molecule is Cc1cc(NC(=O)N2CCC(CC(=O)O)C2)ccc1F. The number of amides is 2. The standard InChI is InChI=1S/C14H17FN2O3/c1-9-6-11(2-3-12(9)15)16-14(20)17-5-4-10(8-17)7-13(18)19/h2-3,6,10H,4-5,7-8H2,1H3,(H,16,20)(H,18,19). The maximum absolute atomic E-state index is 13.1. The summed E-state index contributed by atoms with van der Waals surface area (Å²) in [6.45, 7) is 2.62. The van der Waals surface area contributed by atoms with Crippen LogP contribution in [0, 0.1) is 18.7 Å². The highest BCUT2D eigenvalue weighted by molar-refractivity contribution is 5.89. The molecule has 1 atom stereocenters. The molecule has 5 nitrogen and oxygen atoms in total. The molecule has 0 spiro atoms.